The lowest BCUT2D eigenvalue weighted by molar-refractivity contribution is 0.0514. The van der Waals surface area contributed by atoms with E-state index in [0.717, 1.165) is 26.7 Å². The second kappa shape index (κ2) is 8.29. The summed E-state index contributed by atoms with van der Waals surface area (Å²) in [7, 11) is 3.81. The lowest BCUT2D eigenvalue weighted by atomic mass is 9.92. The van der Waals surface area contributed by atoms with Gasteiger partial charge in [0, 0.05) is 36.0 Å². The van der Waals surface area contributed by atoms with Crippen LogP contribution in [0.1, 0.15) is 45.4 Å². The van der Waals surface area contributed by atoms with Gasteiger partial charge in [-0.3, -0.25) is 4.79 Å². The zero-order valence-corrected chi connectivity index (χ0v) is 17.9. The Kier molecular flexibility index (Phi) is 6.04. The summed E-state index contributed by atoms with van der Waals surface area (Å²) in [6.45, 7) is 2.55. The van der Waals surface area contributed by atoms with Gasteiger partial charge in [-0.2, -0.15) is 0 Å². The van der Waals surface area contributed by atoms with E-state index < -0.39 is 0 Å². The number of benzene rings is 1. The first-order chi connectivity index (χ1) is 12.9. The maximum absolute atomic E-state index is 13.1. The van der Waals surface area contributed by atoms with Crippen molar-refractivity contribution in [2.24, 2.45) is 0 Å². The van der Waals surface area contributed by atoms with Gasteiger partial charge in [-0.05, 0) is 71.7 Å². The Hall–Kier alpha value is -2.09. The fourth-order valence-corrected chi connectivity index (χ4v) is 3.70. The first-order valence-corrected chi connectivity index (χ1v) is 10.0. The minimum Gasteiger partial charge on any atom is -0.461 e. The van der Waals surface area contributed by atoms with Gasteiger partial charge in [-0.15, -0.1) is 0 Å². The molecular weight excluding hydrogens is 455 g/mol. The van der Waals surface area contributed by atoms with Crippen molar-refractivity contribution in [2.45, 2.75) is 26.3 Å². The van der Waals surface area contributed by atoms with Crippen molar-refractivity contribution in [3.63, 3.8) is 0 Å². The summed E-state index contributed by atoms with van der Waals surface area (Å²) in [5.41, 5.74) is 3.78. The van der Waals surface area contributed by atoms with Gasteiger partial charge in [0.25, 0.3) is 0 Å². The van der Waals surface area contributed by atoms with Gasteiger partial charge in [0.2, 0.25) is 5.78 Å². The number of nitrogens with zero attached hydrogens (tertiary/aromatic N) is 2. The van der Waals surface area contributed by atoms with Crippen LogP contribution >= 0.6 is 22.6 Å². The molecule has 1 aliphatic carbocycles. The highest BCUT2D eigenvalue weighted by Crippen LogP contribution is 2.30. The van der Waals surface area contributed by atoms with Crippen molar-refractivity contribution < 1.29 is 14.3 Å². The van der Waals surface area contributed by atoms with Crippen LogP contribution in [0.25, 0.3) is 0 Å². The third kappa shape index (κ3) is 4.26. The SMILES string of the molecule is CCOC(=O)c1cc2c(n1Cc1ccc(I)cc1)C(=O)C(=CN(C)C)CC2. The molecule has 142 valence electrons. The van der Waals surface area contributed by atoms with Crippen LogP contribution in [0.15, 0.2) is 42.1 Å². The van der Waals surface area contributed by atoms with Gasteiger partial charge >= 0.3 is 5.97 Å². The van der Waals surface area contributed by atoms with E-state index in [4.69, 9.17) is 4.74 Å². The number of fused-ring (bicyclic) bond motifs is 1. The van der Waals surface area contributed by atoms with Crippen molar-refractivity contribution in [2.75, 3.05) is 20.7 Å². The summed E-state index contributed by atoms with van der Waals surface area (Å²) < 4.78 is 8.20. The molecule has 5 nitrogen and oxygen atoms in total. The summed E-state index contributed by atoms with van der Waals surface area (Å²) in [5, 5.41) is 0. The molecule has 0 bridgehead atoms. The number of hydrogen-bond donors (Lipinski definition) is 0. The van der Waals surface area contributed by atoms with E-state index in [9.17, 15) is 9.59 Å². The van der Waals surface area contributed by atoms with Crippen molar-refractivity contribution >= 4 is 34.3 Å². The number of carbonyl (C=O) groups is 2. The molecule has 0 saturated heterocycles. The van der Waals surface area contributed by atoms with Gasteiger partial charge < -0.3 is 14.2 Å². The fraction of sp³-hybridized carbons (Fsp3) is 0.333. The molecule has 0 atom stereocenters. The number of esters is 1. The fourth-order valence-electron chi connectivity index (χ4n) is 3.34. The smallest absolute Gasteiger partial charge is 0.354 e. The third-order valence-electron chi connectivity index (χ3n) is 4.50. The van der Waals surface area contributed by atoms with Gasteiger partial charge in [0.15, 0.2) is 0 Å². The first-order valence-electron chi connectivity index (χ1n) is 8.96. The number of rotatable bonds is 5. The van der Waals surface area contributed by atoms with E-state index in [-0.39, 0.29) is 11.8 Å². The number of aromatic nitrogens is 1. The predicted octanol–water partition coefficient (Wildman–Crippen LogP) is 3.89. The molecular formula is C21H23IN2O3. The highest BCUT2D eigenvalue weighted by atomic mass is 127. The molecule has 0 amide bonds. The molecule has 3 rings (SSSR count). The quantitative estimate of drug-likeness (QED) is 0.372. The van der Waals surface area contributed by atoms with Crippen LogP contribution in [0.4, 0.5) is 0 Å². The number of carbonyl (C=O) groups excluding carboxylic acids is 2. The molecule has 1 aromatic carbocycles. The minimum atomic E-state index is -0.386. The number of ketones is 1. The molecule has 1 aromatic heterocycles. The standard InChI is InChI=1S/C21H23IN2O3/c1-4-27-21(26)18-11-15-7-8-16(13-23(2)3)20(25)19(15)24(18)12-14-5-9-17(22)10-6-14/h5-6,9-11,13H,4,7-8,12H2,1-3H3. The average molecular weight is 478 g/mol. The predicted molar refractivity (Wildman–Crippen MR) is 113 cm³/mol. The molecule has 0 spiro atoms. The number of aryl methyl sites for hydroxylation is 1. The number of hydrogen-bond acceptors (Lipinski definition) is 4. The molecule has 0 unspecified atom stereocenters. The van der Waals surface area contributed by atoms with Gasteiger partial charge in [-0.25, -0.2) is 4.79 Å². The molecule has 0 aliphatic heterocycles. The Morgan fingerprint density at radius 2 is 1.96 bits per heavy atom. The summed E-state index contributed by atoms with van der Waals surface area (Å²) in [6, 6.07) is 9.91. The van der Waals surface area contributed by atoms with Crippen molar-refractivity contribution in [1.29, 1.82) is 0 Å². The van der Waals surface area contributed by atoms with E-state index in [1.165, 1.54) is 0 Å². The normalized spacial score (nSPS) is 15.0. The van der Waals surface area contributed by atoms with Gasteiger partial charge in [0.05, 0.1) is 12.3 Å². The summed E-state index contributed by atoms with van der Waals surface area (Å²) in [4.78, 5) is 27.5. The molecule has 1 aliphatic rings. The lowest BCUT2D eigenvalue weighted by Gasteiger charge is -2.19. The van der Waals surface area contributed by atoms with Crippen molar-refractivity contribution in [3.05, 3.63) is 68.2 Å². The van der Waals surface area contributed by atoms with Crippen LogP contribution in [0.2, 0.25) is 0 Å². The average Bonchev–Trinajstić information content (AvgIpc) is 2.98. The Morgan fingerprint density at radius 1 is 1.26 bits per heavy atom. The van der Waals surface area contributed by atoms with Crippen LogP contribution in [0.5, 0.6) is 0 Å². The highest BCUT2D eigenvalue weighted by Gasteiger charge is 2.30. The second-order valence-corrected chi connectivity index (χ2v) is 8.03. The van der Waals surface area contributed by atoms with E-state index in [2.05, 4.69) is 22.6 Å². The molecule has 1 heterocycles. The molecule has 2 aromatic rings. The summed E-state index contributed by atoms with van der Waals surface area (Å²) >= 11 is 2.26. The maximum atomic E-state index is 13.1. The Balaban J connectivity index is 2.08. The number of Topliss-reactive ketones (excluding diaryl/α,β-unsaturated/α-hetero) is 1. The van der Waals surface area contributed by atoms with E-state index >= 15 is 0 Å². The van der Waals surface area contributed by atoms with Crippen molar-refractivity contribution in [3.8, 4) is 0 Å². The third-order valence-corrected chi connectivity index (χ3v) is 5.22. The van der Waals surface area contributed by atoms with Gasteiger partial charge in [0.1, 0.15) is 5.69 Å². The topological polar surface area (TPSA) is 51.5 Å². The second-order valence-electron chi connectivity index (χ2n) is 6.78. The largest absolute Gasteiger partial charge is 0.461 e. The van der Waals surface area contributed by atoms with Crippen LogP contribution in [-0.2, 0) is 17.7 Å². The van der Waals surface area contributed by atoms with Gasteiger partial charge in [-0.1, -0.05) is 12.1 Å². The molecule has 6 heteroatoms. The summed E-state index contributed by atoms with van der Waals surface area (Å²) in [6.07, 6.45) is 3.30. The Morgan fingerprint density at radius 3 is 2.59 bits per heavy atom. The zero-order valence-electron chi connectivity index (χ0n) is 15.8. The lowest BCUT2D eigenvalue weighted by Crippen LogP contribution is -2.22. The van der Waals surface area contributed by atoms with Crippen molar-refractivity contribution in [1.82, 2.24) is 9.47 Å². The molecule has 27 heavy (non-hydrogen) atoms. The Labute approximate surface area is 173 Å². The molecule has 0 radical (unpaired) electrons. The monoisotopic (exact) mass is 478 g/mol. The van der Waals surface area contributed by atoms with E-state index in [1.807, 2.05) is 60.1 Å². The Bertz CT molecular complexity index is 895. The zero-order chi connectivity index (χ0) is 19.6. The van der Waals surface area contributed by atoms with Crippen LogP contribution in [0, 0.1) is 3.57 Å². The summed E-state index contributed by atoms with van der Waals surface area (Å²) in [5.74, 6) is -0.394. The molecule has 0 N–H and O–H groups in total. The number of allylic oxidation sites excluding steroid dienone is 1. The number of ether oxygens (including phenoxy) is 1. The molecule has 0 fully saturated rings. The number of halogens is 1. The first kappa shape index (κ1) is 19.7. The van der Waals surface area contributed by atoms with Crippen LogP contribution in [0.3, 0.4) is 0 Å². The van der Waals surface area contributed by atoms with Crippen LogP contribution < -0.4 is 0 Å². The highest BCUT2D eigenvalue weighted by molar-refractivity contribution is 14.1. The maximum Gasteiger partial charge on any atom is 0.354 e. The van der Waals surface area contributed by atoms with E-state index in [1.54, 1.807) is 6.92 Å². The van der Waals surface area contributed by atoms with E-state index in [0.29, 0.717) is 31.0 Å². The molecule has 0 saturated carbocycles. The minimum absolute atomic E-state index is 0.00832. The van der Waals surface area contributed by atoms with Crippen LogP contribution in [-0.4, -0.2) is 41.9 Å².